The number of allylic oxidation sites excluding steroid dienone is 1. The fourth-order valence-electron chi connectivity index (χ4n) is 2.56. The third-order valence-corrected chi connectivity index (χ3v) is 3.79. The lowest BCUT2D eigenvalue weighted by molar-refractivity contribution is 0.104. The smallest absolute Gasteiger partial charge is 0.189 e. The summed E-state index contributed by atoms with van der Waals surface area (Å²) in [6, 6.07) is 5.73. The summed E-state index contributed by atoms with van der Waals surface area (Å²) in [5.41, 5.74) is 4.14. The molecule has 0 saturated carbocycles. The molecule has 1 aromatic heterocycles. The predicted molar refractivity (Wildman–Crippen MR) is 89.8 cm³/mol. The van der Waals surface area contributed by atoms with Gasteiger partial charge in [0.2, 0.25) is 0 Å². The van der Waals surface area contributed by atoms with Crippen LogP contribution in [0.25, 0.3) is 6.08 Å². The van der Waals surface area contributed by atoms with Crippen molar-refractivity contribution < 1.29 is 14.3 Å². The van der Waals surface area contributed by atoms with Crippen molar-refractivity contribution in [3.8, 4) is 5.75 Å². The number of benzene rings is 1. The van der Waals surface area contributed by atoms with Crippen molar-refractivity contribution in [3.63, 3.8) is 0 Å². The van der Waals surface area contributed by atoms with Crippen molar-refractivity contribution in [2.24, 2.45) is 7.05 Å². The summed E-state index contributed by atoms with van der Waals surface area (Å²) in [6.07, 6.45) is 3.38. The fraction of sp³-hybridized carbons (Fsp3) is 0.333. The molecule has 0 aliphatic heterocycles. The van der Waals surface area contributed by atoms with E-state index in [9.17, 15) is 4.79 Å². The minimum atomic E-state index is -0.0443. The Labute approximate surface area is 136 Å². The van der Waals surface area contributed by atoms with E-state index >= 15 is 0 Å². The summed E-state index contributed by atoms with van der Waals surface area (Å²) in [5.74, 6) is 0.728. The number of hydrogen-bond donors (Lipinski definition) is 0. The molecular weight excluding hydrogens is 292 g/mol. The van der Waals surface area contributed by atoms with Crippen LogP contribution in [-0.2, 0) is 18.4 Å². The normalized spacial score (nSPS) is 11.2. The molecule has 0 spiro atoms. The molecule has 2 rings (SSSR count). The lowest BCUT2D eigenvalue weighted by atomic mass is 10.1. The van der Waals surface area contributed by atoms with Gasteiger partial charge in [-0.1, -0.05) is 12.1 Å². The van der Waals surface area contributed by atoms with Crippen LogP contribution in [0.3, 0.4) is 0 Å². The summed E-state index contributed by atoms with van der Waals surface area (Å²) in [4.78, 5) is 12.4. The summed E-state index contributed by atoms with van der Waals surface area (Å²) < 4.78 is 12.2. The topological polar surface area (TPSA) is 53.3 Å². The highest BCUT2D eigenvalue weighted by atomic mass is 16.5. The second-order valence-electron chi connectivity index (χ2n) is 5.37. The lowest BCUT2D eigenvalue weighted by Crippen LogP contribution is -1.99. The molecule has 0 aliphatic rings. The molecular formula is C18H22N2O3. The average molecular weight is 314 g/mol. The maximum absolute atomic E-state index is 12.4. The van der Waals surface area contributed by atoms with E-state index in [0.717, 1.165) is 28.3 Å². The first kappa shape index (κ1) is 17.0. The first-order valence-electron chi connectivity index (χ1n) is 7.36. The van der Waals surface area contributed by atoms with Crippen LogP contribution in [0, 0.1) is 13.8 Å². The average Bonchev–Trinajstić information content (AvgIpc) is 2.78. The summed E-state index contributed by atoms with van der Waals surface area (Å²) in [7, 11) is 5.10. The quantitative estimate of drug-likeness (QED) is 0.607. The van der Waals surface area contributed by atoms with Crippen molar-refractivity contribution in [2.45, 2.75) is 20.5 Å². The summed E-state index contributed by atoms with van der Waals surface area (Å²) >= 11 is 0. The molecule has 0 saturated heterocycles. The van der Waals surface area contributed by atoms with E-state index in [1.165, 1.54) is 0 Å². The molecule has 5 heteroatoms. The number of ether oxygens (including phenoxy) is 2. The van der Waals surface area contributed by atoms with Gasteiger partial charge in [0.1, 0.15) is 5.75 Å². The zero-order valence-corrected chi connectivity index (χ0v) is 14.2. The third kappa shape index (κ3) is 3.68. The van der Waals surface area contributed by atoms with Crippen LogP contribution in [0.2, 0.25) is 0 Å². The highest BCUT2D eigenvalue weighted by Crippen LogP contribution is 2.22. The Bertz CT molecular complexity index is 745. The van der Waals surface area contributed by atoms with Crippen LogP contribution in [-0.4, -0.2) is 29.8 Å². The summed E-state index contributed by atoms with van der Waals surface area (Å²) in [5, 5.41) is 4.28. The van der Waals surface area contributed by atoms with Crippen molar-refractivity contribution in [1.29, 1.82) is 0 Å². The standard InChI is InChI=1S/C18H22N2O3/c1-12-18(13(2)20(3)19-12)16(21)8-6-14-7-9-17(23-5)15(10-14)11-22-4/h6-10H,11H2,1-5H3/b8-6+. The molecule has 0 bridgehead atoms. The van der Waals surface area contributed by atoms with E-state index in [4.69, 9.17) is 9.47 Å². The molecule has 122 valence electrons. The van der Waals surface area contributed by atoms with Crippen LogP contribution < -0.4 is 4.74 Å². The number of nitrogens with zero attached hydrogens (tertiary/aromatic N) is 2. The largest absolute Gasteiger partial charge is 0.496 e. The van der Waals surface area contributed by atoms with Crippen molar-refractivity contribution in [3.05, 3.63) is 52.4 Å². The van der Waals surface area contributed by atoms with Gasteiger partial charge < -0.3 is 9.47 Å². The van der Waals surface area contributed by atoms with E-state index < -0.39 is 0 Å². The maximum Gasteiger partial charge on any atom is 0.189 e. The van der Waals surface area contributed by atoms with Gasteiger partial charge in [0.25, 0.3) is 0 Å². The number of ketones is 1. The first-order chi connectivity index (χ1) is 11.0. The highest BCUT2D eigenvalue weighted by Gasteiger charge is 2.14. The third-order valence-electron chi connectivity index (χ3n) is 3.79. The monoisotopic (exact) mass is 314 g/mol. The molecule has 0 atom stereocenters. The predicted octanol–water partition coefficient (Wildman–Crippen LogP) is 3.09. The number of carbonyl (C=O) groups excluding carboxylic acids is 1. The number of hydrogen-bond acceptors (Lipinski definition) is 4. The Hall–Kier alpha value is -2.40. The van der Waals surface area contributed by atoms with E-state index in [1.807, 2.05) is 39.1 Å². The van der Waals surface area contributed by atoms with Crippen molar-refractivity contribution >= 4 is 11.9 Å². The van der Waals surface area contributed by atoms with Crippen LogP contribution in [0.5, 0.6) is 5.75 Å². The van der Waals surface area contributed by atoms with Crippen LogP contribution in [0.4, 0.5) is 0 Å². The minimum Gasteiger partial charge on any atom is -0.496 e. The number of carbonyl (C=O) groups is 1. The van der Waals surface area contributed by atoms with Gasteiger partial charge >= 0.3 is 0 Å². The molecule has 0 amide bonds. The van der Waals surface area contributed by atoms with Gasteiger partial charge in [-0.3, -0.25) is 9.48 Å². The molecule has 5 nitrogen and oxygen atoms in total. The number of aryl methyl sites for hydroxylation is 2. The SMILES string of the molecule is COCc1cc(/C=C/C(=O)c2c(C)nn(C)c2C)ccc1OC. The molecule has 1 aromatic carbocycles. The number of rotatable bonds is 6. The van der Waals surface area contributed by atoms with Crippen LogP contribution in [0.1, 0.15) is 32.9 Å². The zero-order valence-electron chi connectivity index (χ0n) is 14.2. The molecule has 1 heterocycles. The number of methoxy groups -OCH3 is 2. The van der Waals surface area contributed by atoms with Gasteiger partial charge in [0.05, 0.1) is 25.0 Å². The Kier molecular flexibility index (Phi) is 5.34. The zero-order chi connectivity index (χ0) is 17.0. The molecule has 0 fully saturated rings. The molecule has 23 heavy (non-hydrogen) atoms. The van der Waals surface area contributed by atoms with Gasteiger partial charge in [0.15, 0.2) is 5.78 Å². The van der Waals surface area contributed by atoms with Gasteiger partial charge in [-0.05, 0) is 37.6 Å². The minimum absolute atomic E-state index is 0.0443. The molecule has 0 unspecified atom stereocenters. The van der Waals surface area contributed by atoms with E-state index in [2.05, 4.69) is 5.10 Å². The Morgan fingerprint density at radius 1 is 1.30 bits per heavy atom. The molecule has 0 radical (unpaired) electrons. The highest BCUT2D eigenvalue weighted by molar-refractivity contribution is 6.08. The number of aromatic nitrogens is 2. The molecule has 0 N–H and O–H groups in total. The summed E-state index contributed by atoms with van der Waals surface area (Å²) in [6.45, 7) is 4.20. The van der Waals surface area contributed by atoms with E-state index in [0.29, 0.717) is 12.2 Å². The molecule has 0 aliphatic carbocycles. The van der Waals surface area contributed by atoms with Crippen LogP contribution >= 0.6 is 0 Å². The molecule has 2 aromatic rings. The van der Waals surface area contributed by atoms with E-state index in [1.54, 1.807) is 31.1 Å². The van der Waals surface area contributed by atoms with Crippen molar-refractivity contribution in [1.82, 2.24) is 9.78 Å². The second kappa shape index (κ2) is 7.24. The lowest BCUT2D eigenvalue weighted by Gasteiger charge is -2.08. The maximum atomic E-state index is 12.4. The van der Waals surface area contributed by atoms with Gasteiger partial charge in [-0.25, -0.2) is 0 Å². The van der Waals surface area contributed by atoms with Crippen molar-refractivity contribution in [2.75, 3.05) is 14.2 Å². The van der Waals surface area contributed by atoms with Gasteiger partial charge in [0, 0.05) is 25.4 Å². The first-order valence-corrected chi connectivity index (χ1v) is 7.36. The van der Waals surface area contributed by atoms with Gasteiger partial charge in [-0.15, -0.1) is 0 Å². The van der Waals surface area contributed by atoms with Crippen LogP contribution in [0.15, 0.2) is 24.3 Å². The fourth-order valence-corrected chi connectivity index (χ4v) is 2.56. The van der Waals surface area contributed by atoms with E-state index in [-0.39, 0.29) is 5.78 Å². The second-order valence-corrected chi connectivity index (χ2v) is 5.37. The van der Waals surface area contributed by atoms with Gasteiger partial charge in [-0.2, -0.15) is 5.10 Å². The Balaban J connectivity index is 2.26. The Morgan fingerprint density at radius 3 is 2.61 bits per heavy atom. The Morgan fingerprint density at radius 2 is 2.04 bits per heavy atom.